The molecular weight excluding hydrogens is 290 g/mol. The molecule has 22 heavy (non-hydrogen) atoms. The second-order valence-electron chi connectivity index (χ2n) is 5.07. The van der Waals surface area contributed by atoms with E-state index in [4.69, 9.17) is 0 Å². The fourth-order valence-electron chi connectivity index (χ4n) is 2.55. The number of hydrogen-bond donors (Lipinski definition) is 2. The zero-order chi connectivity index (χ0) is 15.4. The topological polar surface area (TPSA) is 27.3 Å². The van der Waals surface area contributed by atoms with Crippen LogP contribution >= 0.6 is 10.9 Å². The monoisotopic (exact) mass is 311 g/mol. The molecule has 0 aromatic heterocycles. The Labute approximate surface area is 135 Å². The summed E-state index contributed by atoms with van der Waals surface area (Å²) in [7, 11) is 1.76. The summed E-state index contributed by atoms with van der Waals surface area (Å²) in [5, 5.41) is 7.91. The van der Waals surface area contributed by atoms with Crippen LogP contribution in [0.1, 0.15) is 19.4 Å². The van der Waals surface area contributed by atoms with Crippen LogP contribution < -0.4 is 15.5 Å². The van der Waals surface area contributed by atoms with Crippen molar-refractivity contribution in [3.63, 3.8) is 0 Å². The first-order chi connectivity index (χ1) is 10.8. The van der Waals surface area contributed by atoms with Gasteiger partial charge in [0.05, 0.1) is 4.99 Å². The highest BCUT2D eigenvalue weighted by Gasteiger charge is 2.17. The quantitative estimate of drug-likeness (QED) is 0.827. The van der Waals surface area contributed by atoms with Gasteiger partial charge in [-0.05, 0) is 32.0 Å². The zero-order valence-electron chi connectivity index (χ0n) is 13.0. The van der Waals surface area contributed by atoms with Gasteiger partial charge in [-0.3, -0.25) is 0 Å². The molecule has 2 aromatic carbocycles. The van der Waals surface area contributed by atoms with Crippen LogP contribution in [0.3, 0.4) is 0 Å². The Morgan fingerprint density at radius 2 is 1.59 bits per heavy atom. The highest BCUT2D eigenvalue weighted by atomic mass is 32.1. The van der Waals surface area contributed by atoms with Crippen molar-refractivity contribution in [3.8, 4) is 0 Å². The Hall–Kier alpha value is -2.04. The first kappa shape index (κ1) is 14.9. The number of nitrogens with one attached hydrogen (secondary N) is 2. The van der Waals surface area contributed by atoms with Gasteiger partial charge in [-0.1, -0.05) is 47.3 Å². The first-order valence-corrected chi connectivity index (χ1v) is 8.48. The number of anilines is 2. The number of nitrogens with zero attached hydrogens (tertiary/aromatic N) is 1. The molecule has 0 bridgehead atoms. The number of rotatable bonds is 5. The Morgan fingerprint density at radius 3 is 2.27 bits per heavy atom. The molecule has 3 nitrogen and oxygen atoms in total. The number of hydrogen-bond acceptors (Lipinski definition) is 3. The summed E-state index contributed by atoms with van der Waals surface area (Å²) in [4.78, 5) is 3.59. The second kappa shape index (κ2) is 6.81. The van der Waals surface area contributed by atoms with Gasteiger partial charge >= 0.3 is 0 Å². The lowest BCUT2D eigenvalue weighted by Crippen LogP contribution is -2.41. The first-order valence-electron chi connectivity index (χ1n) is 7.67. The molecule has 0 saturated carbocycles. The standard InChI is InChI=1S/C18H21N3S/c1-3-21(4-2)16-13-9-8-12-15(16)17-20-18(22-17)19-14-10-6-5-7-11-14/h5-13,19-20H,3-4H2,1-2H3. The molecule has 114 valence electrons. The fourth-order valence-corrected chi connectivity index (χ4v) is 3.36. The van der Waals surface area contributed by atoms with Crippen molar-refractivity contribution in [2.45, 2.75) is 13.8 Å². The smallest absolute Gasteiger partial charge is 0.145 e. The zero-order valence-corrected chi connectivity index (χ0v) is 13.8. The summed E-state index contributed by atoms with van der Waals surface area (Å²) in [6.07, 6.45) is 0. The maximum atomic E-state index is 3.45. The molecular formula is C18H21N3S. The summed E-state index contributed by atoms with van der Waals surface area (Å²) in [5.41, 5.74) is 3.67. The minimum atomic E-state index is 1.02. The third-order valence-corrected chi connectivity index (χ3v) is 4.65. The van der Waals surface area contributed by atoms with E-state index in [1.54, 1.807) is 10.9 Å². The number of benzene rings is 2. The third-order valence-electron chi connectivity index (χ3n) is 3.72. The summed E-state index contributed by atoms with van der Waals surface area (Å²) in [5.74, 6) is 0. The third kappa shape index (κ3) is 3.08. The van der Waals surface area contributed by atoms with Gasteiger partial charge in [0.15, 0.2) is 0 Å². The predicted octanol–water partition coefficient (Wildman–Crippen LogP) is 3.55. The SMILES string of the molecule is CCN(CC)c1ccccc1C1=S=C(Nc2ccccc2)N1. The Morgan fingerprint density at radius 1 is 0.955 bits per heavy atom. The molecule has 0 atom stereocenters. The minimum absolute atomic E-state index is 1.02. The second-order valence-corrected chi connectivity index (χ2v) is 6.09. The average molecular weight is 311 g/mol. The van der Waals surface area contributed by atoms with Gasteiger partial charge in [0.25, 0.3) is 0 Å². The van der Waals surface area contributed by atoms with Crippen molar-refractivity contribution in [3.05, 3.63) is 60.2 Å². The fraction of sp³-hybridized carbons (Fsp3) is 0.222. The Bertz CT molecular complexity index is 714. The van der Waals surface area contributed by atoms with E-state index in [9.17, 15) is 0 Å². The van der Waals surface area contributed by atoms with Gasteiger partial charge in [0, 0.05) is 30.0 Å². The van der Waals surface area contributed by atoms with E-state index in [-0.39, 0.29) is 0 Å². The average Bonchev–Trinajstić information content (AvgIpc) is 2.53. The highest BCUT2D eigenvalue weighted by molar-refractivity contribution is 8.00. The van der Waals surface area contributed by atoms with Crippen LogP contribution in [0, 0.1) is 0 Å². The van der Waals surface area contributed by atoms with E-state index >= 15 is 0 Å². The maximum absolute atomic E-state index is 3.45. The van der Waals surface area contributed by atoms with Crippen LogP contribution in [-0.2, 0) is 0 Å². The van der Waals surface area contributed by atoms with Gasteiger partial charge < -0.3 is 10.2 Å². The predicted molar refractivity (Wildman–Crippen MR) is 99.9 cm³/mol. The van der Waals surface area contributed by atoms with Gasteiger partial charge in [0.2, 0.25) is 0 Å². The molecule has 0 fully saturated rings. The molecule has 1 aliphatic heterocycles. The lowest BCUT2D eigenvalue weighted by atomic mass is 10.1. The van der Waals surface area contributed by atoms with Gasteiger partial charge in [-0.15, -0.1) is 0 Å². The van der Waals surface area contributed by atoms with Crippen molar-refractivity contribution in [1.82, 2.24) is 5.32 Å². The van der Waals surface area contributed by atoms with E-state index in [2.05, 4.69) is 65.8 Å². The molecule has 0 unspecified atom stereocenters. The normalized spacial score (nSPS) is 13.4. The molecule has 0 aliphatic carbocycles. The van der Waals surface area contributed by atoms with Gasteiger partial charge in [-0.2, -0.15) is 0 Å². The van der Waals surface area contributed by atoms with Crippen molar-refractivity contribution < 1.29 is 0 Å². The molecule has 2 N–H and O–H groups in total. The summed E-state index contributed by atoms with van der Waals surface area (Å²) >= 11 is 0. The summed E-state index contributed by atoms with van der Waals surface area (Å²) in [6.45, 7) is 6.43. The molecule has 1 heterocycles. The van der Waals surface area contributed by atoms with Gasteiger partial charge in [0.1, 0.15) is 5.11 Å². The maximum Gasteiger partial charge on any atom is 0.145 e. The minimum Gasteiger partial charge on any atom is -0.372 e. The lowest BCUT2D eigenvalue weighted by Gasteiger charge is -2.27. The molecule has 4 heteroatoms. The van der Waals surface area contributed by atoms with Crippen molar-refractivity contribution in [2.24, 2.45) is 0 Å². The van der Waals surface area contributed by atoms with Crippen LogP contribution in [0.4, 0.5) is 11.4 Å². The van der Waals surface area contributed by atoms with Gasteiger partial charge in [-0.25, -0.2) is 5.32 Å². The van der Waals surface area contributed by atoms with Crippen LogP contribution in [0.5, 0.6) is 0 Å². The number of para-hydroxylation sites is 2. The summed E-state index contributed by atoms with van der Waals surface area (Å²) in [6, 6.07) is 18.8. The Kier molecular flexibility index (Phi) is 4.61. The molecule has 0 radical (unpaired) electrons. The van der Waals surface area contributed by atoms with Crippen LogP contribution in [-0.4, -0.2) is 23.2 Å². The van der Waals surface area contributed by atoms with Crippen LogP contribution in [0.15, 0.2) is 54.6 Å². The lowest BCUT2D eigenvalue weighted by molar-refractivity contribution is 0.865. The highest BCUT2D eigenvalue weighted by Crippen LogP contribution is 2.22. The molecule has 2 aromatic rings. The summed E-state index contributed by atoms with van der Waals surface area (Å²) < 4.78 is 0. The van der Waals surface area contributed by atoms with Crippen molar-refractivity contribution >= 4 is 32.4 Å². The largest absolute Gasteiger partial charge is 0.372 e. The molecule has 0 spiro atoms. The van der Waals surface area contributed by atoms with Crippen molar-refractivity contribution in [2.75, 3.05) is 23.3 Å². The molecule has 0 saturated heterocycles. The molecule has 0 amide bonds. The van der Waals surface area contributed by atoms with E-state index in [0.29, 0.717) is 0 Å². The van der Waals surface area contributed by atoms with E-state index < -0.39 is 0 Å². The Balaban J connectivity index is 1.86. The molecule has 1 aliphatic rings. The van der Waals surface area contributed by atoms with Crippen molar-refractivity contribution in [1.29, 1.82) is 0 Å². The van der Waals surface area contributed by atoms with E-state index in [0.717, 1.165) is 23.9 Å². The molecule has 3 rings (SSSR count). The van der Waals surface area contributed by atoms with E-state index in [1.807, 2.05) is 18.2 Å². The van der Waals surface area contributed by atoms with Crippen LogP contribution in [0.2, 0.25) is 0 Å². The van der Waals surface area contributed by atoms with E-state index in [1.165, 1.54) is 16.2 Å². The van der Waals surface area contributed by atoms with Crippen LogP contribution in [0.25, 0.3) is 0 Å².